The van der Waals surface area contributed by atoms with Crippen molar-refractivity contribution in [2.75, 3.05) is 5.73 Å². The Bertz CT molecular complexity index is 516. The molecule has 0 radical (unpaired) electrons. The normalized spacial score (nSPS) is 10.1. The van der Waals surface area contributed by atoms with E-state index in [9.17, 15) is 0 Å². The molecule has 0 fully saturated rings. The van der Waals surface area contributed by atoms with Crippen molar-refractivity contribution in [2.45, 2.75) is 6.92 Å². The van der Waals surface area contributed by atoms with Crippen LogP contribution in [0.2, 0.25) is 5.02 Å². The van der Waals surface area contributed by atoms with E-state index in [1.807, 2.05) is 19.1 Å². The lowest BCUT2D eigenvalue weighted by molar-refractivity contribution is 0.464. The number of aryl methyl sites for hydroxylation is 1. The summed E-state index contributed by atoms with van der Waals surface area (Å²) in [5, 5.41) is 0.350. The molecule has 82 valence electrons. The van der Waals surface area contributed by atoms with Gasteiger partial charge in [0.15, 0.2) is 5.75 Å². The largest absolute Gasteiger partial charge is 0.435 e. The molecule has 2 aromatic rings. The van der Waals surface area contributed by atoms with E-state index in [0.717, 1.165) is 5.56 Å². The third kappa shape index (κ3) is 2.23. The molecule has 5 heteroatoms. The Balaban J connectivity index is 2.31. The third-order valence-corrected chi connectivity index (χ3v) is 2.27. The van der Waals surface area contributed by atoms with Gasteiger partial charge < -0.3 is 10.5 Å². The maximum atomic E-state index is 5.87. The van der Waals surface area contributed by atoms with Crippen LogP contribution in [0.15, 0.2) is 30.7 Å². The number of benzene rings is 1. The van der Waals surface area contributed by atoms with Gasteiger partial charge in [-0.2, -0.15) is 0 Å². The number of nitrogens with two attached hydrogens (primary N) is 1. The van der Waals surface area contributed by atoms with Gasteiger partial charge in [-0.1, -0.05) is 17.7 Å². The Morgan fingerprint density at radius 2 is 2.19 bits per heavy atom. The fourth-order valence-electron chi connectivity index (χ4n) is 1.24. The van der Waals surface area contributed by atoms with Crippen LogP contribution in [0.4, 0.5) is 5.69 Å². The van der Waals surface area contributed by atoms with Crippen molar-refractivity contribution >= 4 is 17.3 Å². The molecule has 0 aliphatic rings. The van der Waals surface area contributed by atoms with Crippen LogP contribution in [0.1, 0.15) is 5.56 Å². The molecule has 2 N–H and O–H groups in total. The van der Waals surface area contributed by atoms with Crippen molar-refractivity contribution in [2.24, 2.45) is 0 Å². The van der Waals surface area contributed by atoms with Crippen molar-refractivity contribution in [1.29, 1.82) is 0 Å². The van der Waals surface area contributed by atoms with Gasteiger partial charge in [-0.05, 0) is 24.6 Å². The molecule has 0 aliphatic carbocycles. The average molecular weight is 236 g/mol. The van der Waals surface area contributed by atoms with E-state index < -0.39 is 0 Å². The van der Waals surface area contributed by atoms with Crippen LogP contribution in [0.3, 0.4) is 0 Å². The quantitative estimate of drug-likeness (QED) is 0.813. The van der Waals surface area contributed by atoms with Crippen molar-refractivity contribution in [3.05, 3.63) is 41.3 Å². The lowest BCUT2D eigenvalue weighted by atomic mass is 10.2. The molecule has 0 aliphatic heterocycles. The molecule has 1 heterocycles. The first-order valence-corrected chi connectivity index (χ1v) is 5.04. The maximum absolute atomic E-state index is 5.87. The standard InChI is InChI=1S/C11H10ClN3O/c1-7-2-3-10(9(13)4-7)16-11-8(12)5-14-6-15-11/h2-6H,13H2,1H3. The average Bonchev–Trinajstić information content (AvgIpc) is 2.25. The van der Waals surface area contributed by atoms with Crippen LogP contribution in [0.5, 0.6) is 11.6 Å². The number of ether oxygens (including phenoxy) is 1. The molecule has 0 atom stereocenters. The third-order valence-electron chi connectivity index (χ3n) is 2.01. The zero-order valence-electron chi connectivity index (χ0n) is 8.64. The minimum atomic E-state index is 0.298. The van der Waals surface area contributed by atoms with Gasteiger partial charge in [-0.15, -0.1) is 0 Å². The number of hydrogen-bond acceptors (Lipinski definition) is 4. The summed E-state index contributed by atoms with van der Waals surface area (Å²) in [6.45, 7) is 1.96. The van der Waals surface area contributed by atoms with E-state index in [4.69, 9.17) is 22.1 Å². The molecular formula is C11H10ClN3O. The van der Waals surface area contributed by atoms with Crippen LogP contribution < -0.4 is 10.5 Å². The molecule has 0 spiro atoms. The first-order valence-electron chi connectivity index (χ1n) is 4.66. The van der Waals surface area contributed by atoms with E-state index >= 15 is 0 Å². The highest BCUT2D eigenvalue weighted by Gasteiger charge is 2.06. The molecule has 0 amide bonds. The zero-order chi connectivity index (χ0) is 11.5. The second-order valence-corrected chi connectivity index (χ2v) is 3.73. The first kappa shape index (κ1) is 10.7. The van der Waals surface area contributed by atoms with Crippen LogP contribution in [0, 0.1) is 6.92 Å². The molecular weight excluding hydrogens is 226 g/mol. The van der Waals surface area contributed by atoms with Crippen molar-refractivity contribution in [3.63, 3.8) is 0 Å². The molecule has 1 aromatic heterocycles. The Labute approximate surface area is 98.0 Å². The topological polar surface area (TPSA) is 61.0 Å². The lowest BCUT2D eigenvalue weighted by Gasteiger charge is -2.08. The highest BCUT2D eigenvalue weighted by Crippen LogP contribution is 2.30. The van der Waals surface area contributed by atoms with Gasteiger partial charge in [0, 0.05) is 0 Å². The smallest absolute Gasteiger partial charge is 0.241 e. The van der Waals surface area contributed by atoms with Crippen molar-refractivity contribution in [3.8, 4) is 11.6 Å². The number of aromatic nitrogens is 2. The van der Waals surface area contributed by atoms with E-state index in [-0.39, 0.29) is 0 Å². The fraction of sp³-hybridized carbons (Fsp3) is 0.0909. The van der Waals surface area contributed by atoms with Gasteiger partial charge in [0.25, 0.3) is 0 Å². The summed E-state index contributed by atoms with van der Waals surface area (Å²) in [7, 11) is 0. The Hall–Kier alpha value is -1.81. The van der Waals surface area contributed by atoms with E-state index in [2.05, 4.69) is 9.97 Å². The summed E-state index contributed by atoms with van der Waals surface area (Å²) < 4.78 is 5.49. The Morgan fingerprint density at radius 1 is 1.38 bits per heavy atom. The predicted molar refractivity (Wildman–Crippen MR) is 62.7 cm³/mol. The fourth-order valence-corrected chi connectivity index (χ4v) is 1.39. The number of hydrogen-bond donors (Lipinski definition) is 1. The Kier molecular flexibility index (Phi) is 2.92. The van der Waals surface area contributed by atoms with Crippen molar-refractivity contribution in [1.82, 2.24) is 9.97 Å². The highest BCUT2D eigenvalue weighted by atomic mass is 35.5. The van der Waals surface area contributed by atoms with E-state index in [1.165, 1.54) is 12.5 Å². The summed E-state index contributed by atoms with van der Waals surface area (Å²) in [6, 6.07) is 5.51. The second kappa shape index (κ2) is 4.37. The van der Waals surface area contributed by atoms with Crippen LogP contribution in [0.25, 0.3) is 0 Å². The Morgan fingerprint density at radius 3 is 2.88 bits per heavy atom. The minimum Gasteiger partial charge on any atom is -0.435 e. The van der Waals surface area contributed by atoms with Crippen LogP contribution >= 0.6 is 11.6 Å². The lowest BCUT2D eigenvalue weighted by Crippen LogP contribution is -1.95. The van der Waals surface area contributed by atoms with Crippen LogP contribution in [-0.2, 0) is 0 Å². The number of halogens is 1. The monoisotopic (exact) mass is 235 g/mol. The second-order valence-electron chi connectivity index (χ2n) is 3.32. The minimum absolute atomic E-state index is 0.298. The van der Waals surface area contributed by atoms with E-state index in [0.29, 0.717) is 22.3 Å². The van der Waals surface area contributed by atoms with Gasteiger partial charge in [0.1, 0.15) is 11.3 Å². The number of rotatable bonds is 2. The summed E-state index contributed by atoms with van der Waals surface area (Å²) in [5.41, 5.74) is 7.43. The summed E-state index contributed by atoms with van der Waals surface area (Å²) in [4.78, 5) is 7.69. The molecule has 0 bridgehead atoms. The van der Waals surface area contributed by atoms with E-state index in [1.54, 1.807) is 6.07 Å². The number of nitrogen functional groups attached to an aromatic ring is 1. The predicted octanol–water partition coefficient (Wildman–Crippen LogP) is 2.81. The molecule has 0 saturated carbocycles. The molecule has 0 saturated heterocycles. The molecule has 2 rings (SSSR count). The van der Waals surface area contributed by atoms with Crippen LogP contribution in [-0.4, -0.2) is 9.97 Å². The molecule has 0 unspecified atom stereocenters. The zero-order valence-corrected chi connectivity index (χ0v) is 9.40. The number of nitrogens with zero attached hydrogens (tertiary/aromatic N) is 2. The van der Waals surface area contributed by atoms with Gasteiger partial charge in [0.05, 0.1) is 11.9 Å². The van der Waals surface area contributed by atoms with Gasteiger partial charge >= 0.3 is 0 Å². The summed E-state index contributed by atoms with van der Waals surface area (Å²) in [5.74, 6) is 0.832. The highest BCUT2D eigenvalue weighted by molar-refractivity contribution is 6.31. The maximum Gasteiger partial charge on any atom is 0.241 e. The molecule has 4 nitrogen and oxygen atoms in total. The van der Waals surface area contributed by atoms with Gasteiger partial charge in [0.2, 0.25) is 5.88 Å². The summed E-state index contributed by atoms with van der Waals surface area (Å²) in [6.07, 6.45) is 2.83. The SMILES string of the molecule is Cc1ccc(Oc2ncncc2Cl)c(N)c1. The van der Waals surface area contributed by atoms with Gasteiger partial charge in [-0.25, -0.2) is 9.97 Å². The first-order chi connectivity index (χ1) is 7.66. The molecule has 16 heavy (non-hydrogen) atoms. The van der Waals surface area contributed by atoms with Gasteiger partial charge in [-0.3, -0.25) is 0 Å². The number of anilines is 1. The van der Waals surface area contributed by atoms with Crippen molar-refractivity contribution < 1.29 is 4.74 Å². The molecule has 1 aromatic carbocycles. The summed E-state index contributed by atoms with van der Waals surface area (Å²) >= 11 is 5.87.